The van der Waals surface area contributed by atoms with Gasteiger partial charge in [0.1, 0.15) is 0 Å². The lowest BCUT2D eigenvalue weighted by atomic mass is 10.1. The minimum Gasteiger partial charge on any atom is -0.353 e. The van der Waals surface area contributed by atoms with Gasteiger partial charge in [-0.25, -0.2) is 0 Å². The molecule has 110 valence electrons. The highest BCUT2D eigenvalue weighted by atomic mass is 16.7. The van der Waals surface area contributed by atoms with Crippen LogP contribution >= 0.6 is 0 Å². The molecule has 0 saturated carbocycles. The minimum atomic E-state index is -0.0817. The van der Waals surface area contributed by atoms with Gasteiger partial charge in [0.15, 0.2) is 6.29 Å². The summed E-state index contributed by atoms with van der Waals surface area (Å²) >= 11 is 0. The number of ether oxygens (including phenoxy) is 2. The smallest absolute Gasteiger partial charge is 0.157 e. The van der Waals surface area contributed by atoms with Gasteiger partial charge in [-0.1, -0.05) is 12.1 Å². The van der Waals surface area contributed by atoms with E-state index in [1.165, 1.54) is 5.56 Å². The van der Waals surface area contributed by atoms with E-state index in [0.29, 0.717) is 18.8 Å². The number of nitrogens with one attached hydrogen (secondary N) is 1. The van der Waals surface area contributed by atoms with Crippen LogP contribution in [0.2, 0.25) is 0 Å². The zero-order valence-corrected chi connectivity index (χ0v) is 12.4. The van der Waals surface area contributed by atoms with Crippen molar-refractivity contribution in [3.05, 3.63) is 35.4 Å². The molecular weight excluding hydrogens is 252 g/mol. The normalized spacial score (nSPS) is 10.7. The molecule has 0 heterocycles. The molecule has 0 aromatic heterocycles. The van der Waals surface area contributed by atoms with Gasteiger partial charge < -0.3 is 14.8 Å². The SMILES string of the molecule is CCOC(CCCNCc1ccc(C#N)cc1)OCC. The van der Waals surface area contributed by atoms with Gasteiger partial charge in [-0.2, -0.15) is 5.26 Å². The van der Waals surface area contributed by atoms with Gasteiger partial charge in [-0.3, -0.25) is 0 Å². The van der Waals surface area contributed by atoms with E-state index < -0.39 is 0 Å². The molecule has 0 saturated heterocycles. The number of nitrogens with zero attached hydrogens (tertiary/aromatic N) is 1. The monoisotopic (exact) mass is 276 g/mol. The molecule has 20 heavy (non-hydrogen) atoms. The molecular formula is C16H24N2O2. The first-order valence-corrected chi connectivity index (χ1v) is 7.23. The lowest BCUT2D eigenvalue weighted by Crippen LogP contribution is -2.21. The minimum absolute atomic E-state index is 0.0817. The van der Waals surface area contributed by atoms with E-state index in [1.54, 1.807) is 0 Å². The first kappa shape index (κ1) is 16.6. The summed E-state index contributed by atoms with van der Waals surface area (Å²) in [5, 5.41) is 12.1. The van der Waals surface area contributed by atoms with Crippen molar-refractivity contribution in [1.29, 1.82) is 5.26 Å². The molecule has 0 aliphatic heterocycles. The van der Waals surface area contributed by atoms with Gasteiger partial charge in [-0.15, -0.1) is 0 Å². The predicted octanol–water partition coefficient (Wildman–Crippen LogP) is 2.83. The molecule has 0 unspecified atom stereocenters. The average molecular weight is 276 g/mol. The third-order valence-electron chi connectivity index (χ3n) is 2.91. The summed E-state index contributed by atoms with van der Waals surface area (Å²) in [6.45, 7) is 7.08. The van der Waals surface area contributed by atoms with Crippen molar-refractivity contribution >= 4 is 0 Å². The van der Waals surface area contributed by atoms with Crippen LogP contribution in [0.1, 0.15) is 37.8 Å². The van der Waals surface area contributed by atoms with Crippen LogP contribution in [0.3, 0.4) is 0 Å². The Balaban J connectivity index is 2.15. The number of nitriles is 1. The van der Waals surface area contributed by atoms with Gasteiger partial charge in [0.2, 0.25) is 0 Å². The Hall–Kier alpha value is -1.41. The van der Waals surface area contributed by atoms with E-state index in [9.17, 15) is 0 Å². The van der Waals surface area contributed by atoms with Crippen molar-refractivity contribution < 1.29 is 9.47 Å². The molecule has 1 rings (SSSR count). The highest BCUT2D eigenvalue weighted by Gasteiger charge is 2.06. The summed E-state index contributed by atoms with van der Waals surface area (Å²) in [4.78, 5) is 0. The highest BCUT2D eigenvalue weighted by molar-refractivity contribution is 5.31. The second-order valence-corrected chi connectivity index (χ2v) is 4.47. The first-order valence-electron chi connectivity index (χ1n) is 7.23. The van der Waals surface area contributed by atoms with Gasteiger partial charge in [-0.05, 0) is 50.9 Å². The van der Waals surface area contributed by atoms with Gasteiger partial charge >= 0.3 is 0 Å². The largest absolute Gasteiger partial charge is 0.353 e. The summed E-state index contributed by atoms with van der Waals surface area (Å²) < 4.78 is 11.0. The van der Waals surface area contributed by atoms with Crippen LogP contribution in [0.15, 0.2) is 24.3 Å². The third kappa shape index (κ3) is 6.67. The molecule has 0 spiro atoms. The third-order valence-corrected chi connectivity index (χ3v) is 2.91. The average Bonchev–Trinajstić information content (AvgIpc) is 2.48. The maximum absolute atomic E-state index is 8.72. The van der Waals surface area contributed by atoms with Crippen molar-refractivity contribution in [2.45, 2.75) is 39.5 Å². The molecule has 4 heteroatoms. The summed E-state index contributed by atoms with van der Waals surface area (Å²) in [5.41, 5.74) is 1.89. The van der Waals surface area contributed by atoms with Crippen LogP contribution in [-0.2, 0) is 16.0 Å². The van der Waals surface area contributed by atoms with Gasteiger partial charge in [0, 0.05) is 19.8 Å². The van der Waals surface area contributed by atoms with E-state index in [1.807, 2.05) is 38.1 Å². The molecule has 0 radical (unpaired) electrons. The van der Waals surface area contributed by atoms with E-state index >= 15 is 0 Å². The van der Waals surface area contributed by atoms with E-state index in [2.05, 4.69) is 11.4 Å². The predicted molar refractivity (Wildman–Crippen MR) is 79.1 cm³/mol. The van der Waals surface area contributed by atoms with Gasteiger partial charge in [0.05, 0.1) is 11.6 Å². The Labute approximate surface area is 121 Å². The van der Waals surface area contributed by atoms with E-state index in [-0.39, 0.29) is 6.29 Å². The maximum atomic E-state index is 8.72. The summed E-state index contributed by atoms with van der Waals surface area (Å²) in [7, 11) is 0. The molecule has 1 N–H and O–H groups in total. The number of rotatable bonds is 10. The lowest BCUT2D eigenvalue weighted by Gasteiger charge is -2.16. The molecule has 0 aliphatic carbocycles. The van der Waals surface area contributed by atoms with Crippen molar-refractivity contribution in [3.8, 4) is 6.07 Å². The molecule has 0 atom stereocenters. The zero-order valence-electron chi connectivity index (χ0n) is 12.4. The fourth-order valence-electron chi connectivity index (χ4n) is 1.91. The molecule has 0 fully saturated rings. The molecule has 1 aromatic rings. The zero-order chi connectivity index (χ0) is 14.6. The van der Waals surface area contributed by atoms with Crippen LogP contribution in [-0.4, -0.2) is 26.0 Å². The van der Waals surface area contributed by atoms with Gasteiger partial charge in [0.25, 0.3) is 0 Å². The molecule has 1 aromatic carbocycles. The Kier molecular flexibility index (Phi) is 8.64. The molecule has 4 nitrogen and oxygen atoms in total. The molecule has 0 aliphatic rings. The van der Waals surface area contributed by atoms with E-state index in [4.69, 9.17) is 14.7 Å². The standard InChI is InChI=1S/C16H24N2O2/c1-3-19-16(20-4-2)6-5-11-18-13-15-9-7-14(12-17)8-10-15/h7-10,16,18H,3-6,11,13H2,1-2H3. The van der Waals surface area contributed by atoms with E-state index in [0.717, 1.165) is 25.9 Å². The second-order valence-electron chi connectivity index (χ2n) is 4.47. The summed E-state index contributed by atoms with van der Waals surface area (Å²) in [5.74, 6) is 0. The van der Waals surface area contributed by atoms with Crippen molar-refractivity contribution in [2.24, 2.45) is 0 Å². The number of hydrogen-bond donors (Lipinski definition) is 1. The molecule has 0 bridgehead atoms. The summed E-state index contributed by atoms with van der Waals surface area (Å²) in [6.07, 6.45) is 1.84. The van der Waals surface area contributed by atoms with Crippen LogP contribution in [0.25, 0.3) is 0 Å². The summed E-state index contributed by atoms with van der Waals surface area (Å²) in [6, 6.07) is 9.77. The number of benzene rings is 1. The quantitative estimate of drug-likeness (QED) is 0.527. The van der Waals surface area contributed by atoms with Crippen LogP contribution < -0.4 is 5.32 Å². The molecule has 0 amide bonds. The van der Waals surface area contributed by atoms with Crippen LogP contribution in [0, 0.1) is 11.3 Å². The Morgan fingerprint density at radius 3 is 2.35 bits per heavy atom. The van der Waals surface area contributed by atoms with Crippen molar-refractivity contribution in [1.82, 2.24) is 5.32 Å². The Bertz CT molecular complexity index is 392. The lowest BCUT2D eigenvalue weighted by molar-refractivity contribution is -0.139. The maximum Gasteiger partial charge on any atom is 0.157 e. The fourth-order valence-corrected chi connectivity index (χ4v) is 1.91. The topological polar surface area (TPSA) is 54.3 Å². The Morgan fingerprint density at radius 1 is 1.15 bits per heavy atom. The van der Waals surface area contributed by atoms with Crippen LogP contribution in [0.4, 0.5) is 0 Å². The fraction of sp³-hybridized carbons (Fsp3) is 0.562. The second kappa shape index (κ2) is 10.4. The van der Waals surface area contributed by atoms with Crippen molar-refractivity contribution in [3.63, 3.8) is 0 Å². The number of hydrogen-bond acceptors (Lipinski definition) is 4. The van der Waals surface area contributed by atoms with Crippen LogP contribution in [0.5, 0.6) is 0 Å². The highest BCUT2D eigenvalue weighted by Crippen LogP contribution is 2.05. The van der Waals surface area contributed by atoms with Crippen molar-refractivity contribution in [2.75, 3.05) is 19.8 Å². The first-order chi connectivity index (χ1) is 9.80. The Morgan fingerprint density at radius 2 is 1.80 bits per heavy atom.